The molecule has 2 fully saturated rings. The van der Waals surface area contributed by atoms with Crippen molar-refractivity contribution >= 4 is 0 Å². The molecule has 0 aromatic rings. The lowest BCUT2D eigenvalue weighted by Gasteiger charge is -2.37. The van der Waals surface area contributed by atoms with Gasteiger partial charge in [0, 0.05) is 11.8 Å². The van der Waals surface area contributed by atoms with E-state index >= 15 is 0 Å². The van der Waals surface area contributed by atoms with Crippen molar-refractivity contribution in [2.75, 3.05) is 0 Å². The van der Waals surface area contributed by atoms with E-state index in [-0.39, 0.29) is 35.7 Å². The predicted octanol–water partition coefficient (Wildman–Crippen LogP) is 3.40. The summed E-state index contributed by atoms with van der Waals surface area (Å²) in [7, 11) is 0. The van der Waals surface area contributed by atoms with Gasteiger partial charge in [-0.2, -0.15) is 0 Å². The Labute approximate surface area is 128 Å². The summed E-state index contributed by atoms with van der Waals surface area (Å²) in [5.74, 6) is 0.781. The molecule has 1 aliphatic carbocycles. The molecule has 0 spiro atoms. The standard InChI is InChI=1S/C17H30O4/c1-10-8-15(19)13(4)21-16(10)20-11(2)6-7-17(5)9-14(17)12(3)18/h10-11,13-16,18-19H,3,6-9H2,1-2,4-5H3/t10-,11-,13+,14?,15?,16?,17-/m1/s1. The van der Waals surface area contributed by atoms with Gasteiger partial charge in [0.05, 0.1) is 24.1 Å². The molecular weight excluding hydrogens is 268 g/mol. The number of aliphatic hydroxyl groups excluding tert-OH is 2. The highest BCUT2D eigenvalue weighted by Crippen LogP contribution is 2.58. The van der Waals surface area contributed by atoms with Gasteiger partial charge in [-0.15, -0.1) is 0 Å². The Morgan fingerprint density at radius 3 is 2.71 bits per heavy atom. The molecule has 4 nitrogen and oxygen atoms in total. The molecule has 4 heteroatoms. The lowest BCUT2D eigenvalue weighted by molar-refractivity contribution is -0.255. The highest BCUT2D eigenvalue weighted by molar-refractivity contribution is 5.11. The van der Waals surface area contributed by atoms with Crippen molar-refractivity contribution in [3.05, 3.63) is 12.3 Å². The van der Waals surface area contributed by atoms with Crippen molar-refractivity contribution in [3.8, 4) is 0 Å². The Morgan fingerprint density at radius 1 is 1.48 bits per heavy atom. The molecule has 0 amide bonds. The van der Waals surface area contributed by atoms with Crippen LogP contribution in [0.25, 0.3) is 0 Å². The highest BCUT2D eigenvalue weighted by Gasteiger charge is 2.51. The second-order valence-electron chi connectivity index (χ2n) is 7.38. The maximum atomic E-state index is 9.79. The number of hydrogen-bond donors (Lipinski definition) is 2. The van der Waals surface area contributed by atoms with Crippen LogP contribution in [0.4, 0.5) is 0 Å². The highest BCUT2D eigenvalue weighted by atomic mass is 16.7. The van der Waals surface area contributed by atoms with Crippen molar-refractivity contribution in [2.45, 2.75) is 78.0 Å². The summed E-state index contributed by atoms with van der Waals surface area (Å²) in [5, 5.41) is 19.3. The second-order valence-corrected chi connectivity index (χ2v) is 7.38. The Morgan fingerprint density at radius 2 is 2.14 bits per heavy atom. The van der Waals surface area contributed by atoms with Gasteiger partial charge in [0.15, 0.2) is 6.29 Å². The summed E-state index contributed by atoms with van der Waals surface area (Å²) in [6, 6.07) is 0. The summed E-state index contributed by atoms with van der Waals surface area (Å²) < 4.78 is 11.8. The van der Waals surface area contributed by atoms with Gasteiger partial charge in [0.2, 0.25) is 0 Å². The van der Waals surface area contributed by atoms with E-state index in [2.05, 4.69) is 27.4 Å². The van der Waals surface area contributed by atoms with E-state index in [1.165, 1.54) is 0 Å². The molecule has 122 valence electrons. The number of ether oxygens (including phenoxy) is 2. The summed E-state index contributed by atoms with van der Waals surface area (Å²) in [6.45, 7) is 11.9. The van der Waals surface area contributed by atoms with Crippen LogP contribution in [0.5, 0.6) is 0 Å². The topological polar surface area (TPSA) is 58.9 Å². The molecule has 2 aliphatic rings. The van der Waals surface area contributed by atoms with Crippen LogP contribution in [0.1, 0.15) is 53.4 Å². The molecule has 3 unspecified atom stereocenters. The molecular formula is C17H30O4. The first kappa shape index (κ1) is 16.8. The zero-order valence-corrected chi connectivity index (χ0v) is 13.7. The van der Waals surface area contributed by atoms with E-state index < -0.39 is 6.10 Å². The summed E-state index contributed by atoms with van der Waals surface area (Å²) in [5.41, 5.74) is 0.186. The van der Waals surface area contributed by atoms with E-state index in [1.807, 2.05) is 6.92 Å². The maximum Gasteiger partial charge on any atom is 0.161 e. The average molecular weight is 298 g/mol. The van der Waals surface area contributed by atoms with Gasteiger partial charge in [-0.05, 0) is 44.9 Å². The molecule has 1 aliphatic heterocycles. The quantitative estimate of drug-likeness (QED) is 0.738. The number of hydrogen-bond acceptors (Lipinski definition) is 4. The third-order valence-corrected chi connectivity index (χ3v) is 5.21. The molecule has 0 radical (unpaired) electrons. The first-order chi connectivity index (χ1) is 9.73. The van der Waals surface area contributed by atoms with Gasteiger partial charge in [0.25, 0.3) is 0 Å². The largest absolute Gasteiger partial charge is 0.513 e. The van der Waals surface area contributed by atoms with Crippen molar-refractivity contribution in [1.82, 2.24) is 0 Å². The molecule has 0 aromatic heterocycles. The molecule has 7 atom stereocenters. The van der Waals surface area contributed by atoms with Crippen LogP contribution in [0.3, 0.4) is 0 Å². The summed E-state index contributed by atoms with van der Waals surface area (Å²) >= 11 is 0. The third kappa shape index (κ3) is 3.99. The van der Waals surface area contributed by atoms with Gasteiger partial charge < -0.3 is 19.7 Å². The summed E-state index contributed by atoms with van der Waals surface area (Å²) in [6.07, 6.45) is 3.05. The molecule has 0 aromatic carbocycles. The molecule has 1 saturated heterocycles. The average Bonchev–Trinajstić information content (AvgIpc) is 3.07. The molecule has 2 N–H and O–H groups in total. The van der Waals surface area contributed by atoms with Crippen LogP contribution in [0.2, 0.25) is 0 Å². The minimum absolute atomic E-state index is 0.116. The lowest BCUT2D eigenvalue weighted by Crippen LogP contribution is -2.44. The van der Waals surface area contributed by atoms with Gasteiger partial charge in [-0.1, -0.05) is 20.4 Å². The molecule has 21 heavy (non-hydrogen) atoms. The minimum Gasteiger partial charge on any atom is -0.513 e. The lowest BCUT2D eigenvalue weighted by atomic mass is 9.95. The van der Waals surface area contributed by atoms with Crippen LogP contribution in [0.15, 0.2) is 12.3 Å². The Hall–Kier alpha value is -0.580. The molecule has 2 rings (SSSR count). The van der Waals surface area contributed by atoms with E-state index in [1.54, 1.807) is 0 Å². The van der Waals surface area contributed by atoms with E-state index in [4.69, 9.17) is 9.47 Å². The van der Waals surface area contributed by atoms with Crippen molar-refractivity contribution in [3.63, 3.8) is 0 Å². The van der Waals surface area contributed by atoms with Gasteiger partial charge >= 0.3 is 0 Å². The predicted molar refractivity (Wildman–Crippen MR) is 81.9 cm³/mol. The van der Waals surface area contributed by atoms with Crippen molar-refractivity contribution < 1.29 is 19.7 Å². The SMILES string of the molecule is C=C(O)C1C[C@@]1(C)CC[C@@H](C)OC1O[C@@H](C)C(O)C[C@H]1C. The van der Waals surface area contributed by atoms with Crippen molar-refractivity contribution in [2.24, 2.45) is 17.3 Å². The first-order valence-corrected chi connectivity index (χ1v) is 8.09. The van der Waals surface area contributed by atoms with Gasteiger partial charge in [-0.25, -0.2) is 0 Å². The number of rotatable bonds is 6. The Bertz CT molecular complexity index is 383. The fraction of sp³-hybridized carbons (Fsp3) is 0.882. The normalized spacial score (nSPS) is 44.3. The monoisotopic (exact) mass is 298 g/mol. The molecule has 0 bridgehead atoms. The summed E-state index contributed by atoms with van der Waals surface area (Å²) in [4.78, 5) is 0. The zero-order chi connectivity index (χ0) is 15.8. The van der Waals surface area contributed by atoms with E-state index in [0.717, 1.165) is 25.7 Å². The second kappa shape index (κ2) is 6.27. The van der Waals surface area contributed by atoms with Crippen LogP contribution in [-0.2, 0) is 9.47 Å². The fourth-order valence-corrected chi connectivity index (χ4v) is 3.32. The van der Waals surface area contributed by atoms with Crippen LogP contribution < -0.4 is 0 Å². The third-order valence-electron chi connectivity index (χ3n) is 5.21. The van der Waals surface area contributed by atoms with E-state index in [9.17, 15) is 10.2 Å². The number of aliphatic hydroxyl groups is 2. The van der Waals surface area contributed by atoms with Gasteiger partial charge in [-0.3, -0.25) is 0 Å². The molecule has 1 heterocycles. The van der Waals surface area contributed by atoms with Crippen LogP contribution in [-0.4, -0.2) is 34.8 Å². The Balaban J connectivity index is 1.75. The molecule has 1 saturated carbocycles. The van der Waals surface area contributed by atoms with E-state index in [0.29, 0.717) is 5.76 Å². The van der Waals surface area contributed by atoms with Crippen LogP contribution in [0, 0.1) is 17.3 Å². The Kier molecular flexibility index (Phi) is 5.01. The fourth-order valence-electron chi connectivity index (χ4n) is 3.32. The smallest absolute Gasteiger partial charge is 0.161 e. The minimum atomic E-state index is -0.392. The van der Waals surface area contributed by atoms with Gasteiger partial charge in [0.1, 0.15) is 0 Å². The number of allylic oxidation sites excluding steroid dienone is 1. The zero-order valence-electron chi connectivity index (χ0n) is 13.7. The van der Waals surface area contributed by atoms with Crippen molar-refractivity contribution in [1.29, 1.82) is 0 Å². The van der Waals surface area contributed by atoms with Crippen LogP contribution >= 0.6 is 0 Å². The maximum absolute atomic E-state index is 9.79. The first-order valence-electron chi connectivity index (χ1n) is 8.09.